The standard InChI is InChI=1S/C29H36N2O3/c1-21(2)25-10-8-23(9-11-25)6-7-24-14-18-30(19-15-24)16-4-5-17-31-27-13-12-26(22(3)32)20-28(27)34-29(31)33/h8-13,20,24H,1,4-7,14-19H2,2-3H3. The number of hydrogen-bond donors (Lipinski definition) is 0. The Kier molecular flexibility index (Phi) is 7.84. The summed E-state index contributed by atoms with van der Waals surface area (Å²) in [4.78, 5) is 26.4. The van der Waals surface area contributed by atoms with E-state index in [1.54, 1.807) is 16.7 Å². The minimum Gasteiger partial charge on any atom is -0.408 e. The maximum absolute atomic E-state index is 12.3. The highest BCUT2D eigenvalue weighted by Gasteiger charge is 2.19. The molecule has 1 aliphatic heterocycles. The molecule has 0 aliphatic carbocycles. The fourth-order valence-electron chi connectivity index (χ4n) is 4.93. The second-order valence-electron chi connectivity index (χ2n) is 9.77. The van der Waals surface area contributed by atoms with Gasteiger partial charge < -0.3 is 9.32 Å². The number of hydrogen-bond acceptors (Lipinski definition) is 4. The van der Waals surface area contributed by atoms with Crippen molar-refractivity contribution in [1.82, 2.24) is 9.47 Å². The van der Waals surface area contributed by atoms with Crippen LogP contribution in [0, 0.1) is 5.92 Å². The summed E-state index contributed by atoms with van der Waals surface area (Å²) in [6.45, 7) is 11.6. The van der Waals surface area contributed by atoms with Gasteiger partial charge in [-0.05, 0) is 107 Å². The topological polar surface area (TPSA) is 55.5 Å². The van der Waals surface area contributed by atoms with Crippen molar-refractivity contribution in [2.75, 3.05) is 19.6 Å². The number of rotatable bonds is 10. The Morgan fingerprint density at radius 1 is 1.00 bits per heavy atom. The van der Waals surface area contributed by atoms with Gasteiger partial charge in [0.25, 0.3) is 0 Å². The first-order valence-corrected chi connectivity index (χ1v) is 12.5. The third kappa shape index (κ3) is 5.95. The van der Waals surface area contributed by atoms with Crippen LogP contribution in [0.2, 0.25) is 0 Å². The monoisotopic (exact) mass is 460 g/mol. The van der Waals surface area contributed by atoms with Gasteiger partial charge in [0.05, 0.1) is 5.52 Å². The number of aromatic nitrogens is 1. The van der Waals surface area contributed by atoms with Crippen molar-refractivity contribution in [3.8, 4) is 0 Å². The van der Waals surface area contributed by atoms with Crippen molar-refractivity contribution in [2.24, 2.45) is 5.92 Å². The number of piperidine rings is 1. The number of Topliss-reactive ketones (excluding diaryl/α,β-unsaturated/α-hetero) is 1. The quantitative estimate of drug-likeness (QED) is 0.277. The molecule has 34 heavy (non-hydrogen) atoms. The zero-order chi connectivity index (χ0) is 24.1. The summed E-state index contributed by atoms with van der Waals surface area (Å²) in [6.07, 6.45) is 6.96. The lowest BCUT2D eigenvalue weighted by Crippen LogP contribution is -2.34. The van der Waals surface area contributed by atoms with Crippen molar-refractivity contribution in [3.05, 3.63) is 76.3 Å². The Labute approximate surface area is 202 Å². The highest BCUT2D eigenvalue weighted by atomic mass is 16.4. The molecule has 1 aliphatic rings. The van der Waals surface area contributed by atoms with Gasteiger partial charge in [0.15, 0.2) is 11.4 Å². The number of carbonyl (C=O) groups excluding carboxylic acids is 1. The molecule has 2 aromatic carbocycles. The SMILES string of the molecule is C=C(C)c1ccc(CCC2CCN(CCCCn3c(=O)oc4cc(C(C)=O)ccc43)CC2)cc1. The minimum absolute atomic E-state index is 0.0293. The summed E-state index contributed by atoms with van der Waals surface area (Å²) in [5, 5.41) is 0. The number of unbranched alkanes of at least 4 members (excludes halogenated alkanes) is 1. The highest BCUT2D eigenvalue weighted by Crippen LogP contribution is 2.23. The summed E-state index contributed by atoms with van der Waals surface area (Å²) in [5.74, 6) is 0.442. The van der Waals surface area contributed by atoms with E-state index in [1.165, 1.54) is 50.4 Å². The van der Waals surface area contributed by atoms with Gasteiger partial charge in [-0.3, -0.25) is 9.36 Å². The predicted molar refractivity (Wildman–Crippen MR) is 138 cm³/mol. The van der Waals surface area contributed by atoms with E-state index >= 15 is 0 Å². The molecule has 5 nitrogen and oxygen atoms in total. The Hall–Kier alpha value is -2.92. The average Bonchev–Trinajstić information content (AvgIpc) is 3.15. The number of ketones is 1. The molecule has 0 saturated carbocycles. The summed E-state index contributed by atoms with van der Waals surface area (Å²) < 4.78 is 7.05. The van der Waals surface area contributed by atoms with Crippen LogP contribution in [-0.2, 0) is 13.0 Å². The number of likely N-dealkylation sites (tertiary alicyclic amines) is 1. The van der Waals surface area contributed by atoms with Gasteiger partial charge in [-0.1, -0.05) is 36.4 Å². The Balaban J connectivity index is 1.17. The molecule has 2 heterocycles. The number of aryl methyl sites for hydroxylation is 2. The molecule has 0 radical (unpaired) electrons. The molecule has 3 aromatic rings. The Morgan fingerprint density at radius 3 is 2.35 bits per heavy atom. The first kappa shape index (κ1) is 24.2. The van der Waals surface area contributed by atoms with E-state index in [2.05, 4.69) is 35.7 Å². The third-order valence-corrected chi connectivity index (χ3v) is 7.18. The normalized spacial score (nSPS) is 15.1. The first-order chi connectivity index (χ1) is 16.4. The van der Waals surface area contributed by atoms with Gasteiger partial charge in [0.2, 0.25) is 0 Å². The minimum atomic E-state index is -0.342. The van der Waals surface area contributed by atoms with Crippen LogP contribution in [0.4, 0.5) is 0 Å². The second kappa shape index (κ2) is 11.0. The van der Waals surface area contributed by atoms with E-state index in [-0.39, 0.29) is 11.5 Å². The van der Waals surface area contributed by atoms with Gasteiger partial charge in [-0.25, -0.2) is 4.79 Å². The first-order valence-electron chi connectivity index (χ1n) is 12.5. The number of carbonyl (C=O) groups is 1. The van der Waals surface area contributed by atoms with Crippen LogP contribution in [0.3, 0.4) is 0 Å². The van der Waals surface area contributed by atoms with E-state index in [0.29, 0.717) is 17.7 Å². The molecule has 0 amide bonds. The maximum atomic E-state index is 12.3. The third-order valence-electron chi connectivity index (χ3n) is 7.18. The summed E-state index contributed by atoms with van der Waals surface area (Å²) in [7, 11) is 0. The van der Waals surface area contributed by atoms with Crippen molar-refractivity contribution < 1.29 is 9.21 Å². The largest absolute Gasteiger partial charge is 0.419 e. The van der Waals surface area contributed by atoms with Gasteiger partial charge >= 0.3 is 5.76 Å². The van der Waals surface area contributed by atoms with E-state index in [1.807, 2.05) is 13.0 Å². The zero-order valence-corrected chi connectivity index (χ0v) is 20.5. The average molecular weight is 461 g/mol. The molecule has 0 atom stereocenters. The lowest BCUT2D eigenvalue weighted by Gasteiger charge is -2.32. The lowest BCUT2D eigenvalue weighted by molar-refractivity contribution is 0.101. The number of nitrogens with zero attached hydrogens (tertiary/aromatic N) is 2. The van der Waals surface area contributed by atoms with Crippen LogP contribution >= 0.6 is 0 Å². The number of oxazole rings is 1. The molecule has 1 aromatic heterocycles. The van der Waals surface area contributed by atoms with Crippen molar-refractivity contribution >= 4 is 22.5 Å². The van der Waals surface area contributed by atoms with Crippen LogP contribution in [0.25, 0.3) is 16.7 Å². The van der Waals surface area contributed by atoms with Crippen molar-refractivity contribution in [1.29, 1.82) is 0 Å². The van der Waals surface area contributed by atoms with Crippen LogP contribution in [0.5, 0.6) is 0 Å². The van der Waals surface area contributed by atoms with Gasteiger partial charge in [0.1, 0.15) is 0 Å². The Bertz CT molecular complexity index is 1190. The van der Waals surface area contributed by atoms with Crippen molar-refractivity contribution in [2.45, 2.75) is 58.9 Å². The predicted octanol–water partition coefficient (Wildman–Crippen LogP) is 5.96. The summed E-state index contributed by atoms with van der Waals surface area (Å²) >= 11 is 0. The maximum Gasteiger partial charge on any atom is 0.419 e. The smallest absolute Gasteiger partial charge is 0.408 e. The van der Waals surface area contributed by atoms with Crippen LogP contribution < -0.4 is 5.76 Å². The molecular weight excluding hydrogens is 424 g/mol. The Morgan fingerprint density at radius 2 is 1.68 bits per heavy atom. The molecule has 1 fully saturated rings. The van der Waals surface area contributed by atoms with Gasteiger partial charge in [-0.15, -0.1) is 0 Å². The molecule has 4 rings (SSSR count). The molecular formula is C29H36N2O3. The van der Waals surface area contributed by atoms with E-state index in [9.17, 15) is 9.59 Å². The summed E-state index contributed by atoms with van der Waals surface area (Å²) in [6, 6.07) is 14.1. The highest BCUT2D eigenvalue weighted by molar-refractivity contribution is 5.96. The van der Waals surface area contributed by atoms with Gasteiger partial charge in [-0.2, -0.15) is 0 Å². The number of fused-ring (bicyclic) bond motifs is 1. The number of benzene rings is 2. The molecule has 0 bridgehead atoms. The second-order valence-corrected chi connectivity index (χ2v) is 9.77. The van der Waals surface area contributed by atoms with Gasteiger partial charge in [0, 0.05) is 12.1 Å². The van der Waals surface area contributed by atoms with E-state index < -0.39 is 0 Å². The molecule has 180 valence electrons. The molecule has 0 spiro atoms. The molecule has 5 heteroatoms. The molecule has 1 saturated heterocycles. The number of allylic oxidation sites excluding steroid dienone is 1. The molecule has 0 N–H and O–H groups in total. The fraction of sp³-hybridized carbons (Fsp3) is 0.448. The zero-order valence-electron chi connectivity index (χ0n) is 20.5. The molecule has 0 unspecified atom stereocenters. The summed E-state index contributed by atoms with van der Waals surface area (Å²) in [5.41, 5.74) is 5.60. The van der Waals surface area contributed by atoms with Crippen molar-refractivity contribution in [3.63, 3.8) is 0 Å². The fourth-order valence-corrected chi connectivity index (χ4v) is 4.93. The van der Waals surface area contributed by atoms with Crippen LogP contribution in [0.1, 0.15) is 67.4 Å². The van der Waals surface area contributed by atoms with E-state index in [4.69, 9.17) is 4.42 Å². The van der Waals surface area contributed by atoms with Crippen LogP contribution in [-0.4, -0.2) is 34.9 Å². The van der Waals surface area contributed by atoms with Crippen LogP contribution in [0.15, 0.2) is 58.3 Å². The lowest BCUT2D eigenvalue weighted by atomic mass is 9.90. The van der Waals surface area contributed by atoms with E-state index in [0.717, 1.165) is 42.8 Å².